The van der Waals surface area contributed by atoms with E-state index < -0.39 is 38.3 Å². The van der Waals surface area contributed by atoms with Gasteiger partial charge in [-0.25, -0.2) is 21.1 Å². The van der Waals surface area contributed by atoms with Crippen molar-refractivity contribution in [1.82, 2.24) is 4.31 Å². The maximum absolute atomic E-state index is 12.5. The second-order valence-corrected chi connectivity index (χ2v) is 9.86. The molecule has 0 aromatic heterocycles. The zero-order valence-electron chi connectivity index (χ0n) is 14.5. The van der Waals surface area contributed by atoms with Crippen LogP contribution in [0.4, 0.5) is 5.69 Å². The van der Waals surface area contributed by atoms with Gasteiger partial charge in [-0.3, -0.25) is 13.9 Å². The minimum absolute atomic E-state index is 0.0374. The molecular weight excluding hydrogens is 392 g/mol. The molecule has 1 aliphatic heterocycles. The second kappa shape index (κ2) is 6.46. The fourth-order valence-electron chi connectivity index (χ4n) is 2.66. The molecule has 0 saturated heterocycles. The predicted molar refractivity (Wildman–Crippen MR) is 98.7 cm³/mol. The molecule has 27 heavy (non-hydrogen) atoms. The van der Waals surface area contributed by atoms with Crippen molar-refractivity contribution in [2.24, 2.45) is 0 Å². The van der Waals surface area contributed by atoms with Crippen LogP contribution in [-0.2, 0) is 20.0 Å². The van der Waals surface area contributed by atoms with E-state index in [1.54, 1.807) is 6.07 Å². The molecule has 0 bridgehead atoms. The van der Waals surface area contributed by atoms with Crippen LogP contribution >= 0.6 is 0 Å². The van der Waals surface area contributed by atoms with E-state index >= 15 is 0 Å². The molecule has 0 spiro atoms. The Balaban J connectivity index is 1.84. The molecule has 1 aliphatic rings. The topological polar surface area (TPSA) is 109 Å². The highest BCUT2D eigenvalue weighted by Gasteiger charge is 2.41. The molecule has 2 aromatic carbocycles. The van der Waals surface area contributed by atoms with Crippen LogP contribution < -0.4 is 4.31 Å². The van der Waals surface area contributed by atoms with Crippen molar-refractivity contribution in [3.8, 4) is 0 Å². The number of Topliss-reactive ketones (excluding diaryl/α,β-unsaturated/α-hetero) is 1. The molecule has 0 saturated carbocycles. The number of fused-ring (bicyclic) bond motifs is 1. The van der Waals surface area contributed by atoms with Crippen LogP contribution in [0, 0.1) is 0 Å². The summed E-state index contributed by atoms with van der Waals surface area (Å²) in [7, 11) is -6.14. The van der Waals surface area contributed by atoms with Crippen molar-refractivity contribution in [1.29, 1.82) is 0 Å². The highest BCUT2D eigenvalue weighted by Crippen LogP contribution is 2.30. The number of hydrogen-bond donors (Lipinski definition) is 0. The molecule has 3 rings (SSSR count). The maximum atomic E-state index is 12.5. The average Bonchev–Trinajstić information content (AvgIpc) is 2.81. The van der Waals surface area contributed by atoms with E-state index in [9.17, 15) is 26.4 Å². The molecule has 10 heteroatoms. The number of benzene rings is 2. The quantitative estimate of drug-likeness (QED) is 0.686. The van der Waals surface area contributed by atoms with E-state index in [1.807, 2.05) is 0 Å². The summed E-state index contributed by atoms with van der Waals surface area (Å²) in [6, 6.07) is 11.4. The SMILES string of the molecule is CN(c1ccc(C(=O)CN2C(=O)c3ccccc3S2(=O)=O)cc1)S(C)(=O)=O. The van der Waals surface area contributed by atoms with Gasteiger partial charge in [0.15, 0.2) is 5.78 Å². The molecule has 0 aliphatic carbocycles. The van der Waals surface area contributed by atoms with Crippen molar-refractivity contribution in [2.45, 2.75) is 4.90 Å². The van der Waals surface area contributed by atoms with Crippen LogP contribution in [0.2, 0.25) is 0 Å². The van der Waals surface area contributed by atoms with E-state index in [-0.39, 0.29) is 16.0 Å². The van der Waals surface area contributed by atoms with Crippen LogP contribution in [0.25, 0.3) is 0 Å². The van der Waals surface area contributed by atoms with Crippen molar-refractivity contribution < 1.29 is 26.4 Å². The monoisotopic (exact) mass is 408 g/mol. The molecule has 0 fully saturated rings. The fraction of sp³-hybridized carbons (Fsp3) is 0.176. The largest absolute Gasteiger partial charge is 0.292 e. The maximum Gasteiger partial charge on any atom is 0.269 e. The first-order valence-electron chi connectivity index (χ1n) is 7.77. The van der Waals surface area contributed by atoms with Gasteiger partial charge in [0.25, 0.3) is 15.9 Å². The highest BCUT2D eigenvalue weighted by atomic mass is 32.2. The average molecular weight is 408 g/mol. The Morgan fingerprint density at radius 2 is 1.67 bits per heavy atom. The van der Waals surface area contributed by atoms with Gasteiger partial charge in [0.2, 0.25) is 10.0 Å². The summed E-state index contributed by atoms with van der Waals surface area (Å²) in [5, 5.41) is 0. The predicted octanol–water partition coefficient (Wildman–Crippen LogP) is 1.11. The molecule has 0 radical (unpaired) electrons. The van der Waals surface area contributed by atoms with Gasteiger partial charge in [0, 0.05) is 12.6 Å². The minimum atomic E-state index is -4.06. The van der Waals surface area contributed by atoms with Gasteiger partial charge in [0.05, 0.1) is 17.5 Å². The number of rotatable bonds is 5. The molecule has 8 nitrogen and oxygen atoms in total. The van der Waals surface area contributed by atoms with Gasteiger partial charge in [0.1, 0.15) is 11.4 Å². The lowest BCUT2D eigenvalue weighted by atomic mass is 10.1. The number of ketones is 1. The lowest BCUT2D eigenvalue weighted by Crippen LogP contribution is -2.35. The van der Waals surface area contributed by atoms with Gasteiger partial charge in [-0.15, -0.1) is 0 Å². The number of anilines is 1. The zero-order chi connectivity index (χ0) is 20.0. The van der Waals surface area contributed by atoms with E-state index in [0.29, 0.717) is 9.99 Å². The molecule has 0 N–H and O–H groups in total. The van der Waals surface area contributed by atoms with Gasteiger partial charge in [-0.05, 0) is 36.4 Å². The number of carbonyl (C=O) groups excluding carboxylic acids is 2. The van der Waals surface area contributed by atoms with E-state index in [2.05, 4.69) is 0 Å². The summed E-state index contributed by atoms with van der Waals surface area (Å²) in [6.07, 6.45) is 1.05. The zero-order valence-corrected chi connectivity index (χ0v) is 16.1. The lowest BCUT2D eigenvalue weighted by Gasteiger charge is -2.17. The Morgan fingerprint density at radius 1 is 1.07 bits per heavy atom. The number of sulfonamides is 2. The van der Waals surface area contributed by atoms with E-state index in [1.165, 1.54) is 49.5 Å². The summed E-state index contributed by atoms with van der Waals surface area (Å²) >= 11 is 0. The van der Waals surface area contributed by atoms with Crippen molar-refractivity contribution in [2.75, 3.05) is 24.2 Å². The summed E-state index contributed by atoms with van der Waals surface area (Å²) < 4.78 is 49.7. The minimum Gasteiger partial charge on any atom is -0.292 e. The Labute approximate surface area is 157 Å². The third-order valence-electron chi connectivity index (χ3n) is 4.25. The Bertz CT molecular complexity index is 1140. The Morgan fingerprint density at radius 3 is 2.22 bits per heavy atom. The van der Waals surface area contributed by atoms with Crippen LogP contribution in [0.1, 0.15) is 20.7 Å². The van der Waals surface area contributed by atoms with Crippen LogP contribution in [0.5, 0.6) is 0 Å². The normalized spacial score (nSPS) is 15.5. The van der Waals surface area contributed by atoms with Gasteiger partial charge < -0.3 is 0 Å². The molecular formula is C17H16N2O6S2. The molecule has 0 unspecified atom stereocenters. The van der Waals surface area contributed by atoms with Gasteiger partial charge >= 0.3 is 0 Å². The number of amides is 1. The number of hydrogen-bond acceptors (Lipinski definition) is 6. The summed E-state index contributed by atoms with van der Waals surface area (Å²) in [6.45, 7) is -0.628. The summed E-state index contributed by atoms with van der Waals surface area (Å²) in [5.74, 6) is -1.32. The first-order valence-corrected chi connectivity index (χ1v) is 11.1. The first-order chi connectivity index (χ1) is 12.5. The Kier molecular flexibility index (Phi) is 4.56. The van der Waals surface area contributed by atoms with Gasteiger partial charge in [-0.1, -0.05) is 12.1 Å². The molecule has 142 valence electrons. The number of nitrogens with zero attached hydrogens (tertiary/aromatic N) is 2. The van der Waals surface area contributed by atoms with Gasteiger partial charge in [-0.2, -0.15) is 0 Å². The molecule has 0 atom stereocenters. The third kappa shape index (κ3) is 3.33. The van der Waals surface area contributed by atoms with Crippen molar-refractivity contribution >= 4 is 37.4 Å². The lowest BCUT2D eigenvalue weighted by molar-refractivity contribution is 0.0820. The van der Waals surface area contributed by atoms with E-state index in [0.717, 1.165) is 10.6 Å². The molecule has 1 amide bonds. The van der Waals surface area contributed by atoms with Crippen LogP contribution in [0.3, 0.4) is 0 Å². The fourth-order valence-corrected chi connectivity index (χ4v) is 4.69. The molecule has 1 heterocycles. The second-order valence-electron chi connectivity index (χ2n) is 6.01. The molecule has 2 aromatic rings. The van der Waals surface area contributed by atoms with Crippen LogP contribution in [-0.4, -0.2) is 52.7 Å². The smallest absolute Gasteiger partial charge is 0.269 e. The first kappa shape index (κ1) is 19.1. The standard InChI is InChI=1S/C17H16N2O6S2/c1-18(26(2,22)23)13-9-7-12(8-10-13)15(20)11-19-17(21)14-5-3-4-6-16(14)27(19,24)25/h3-10H,11H2,1-2H3. The highest BCUT2D eigenvalue weighted by molar-refractivity contribution is 7.92. The van der Waals surface area contributed by atoms with E-state index in [4.69, 9.17) is 0 Å². The van der Waals surface area contributed by atoms with Crippen molar-refractivity contribution in [3.63, 3.8) is 0 Å². The number of carbonyl (C=O) groups is 2. The van der Waals surface area contributed by atoms with Crippen molar-refractivity contribution in [3.05, 3.63) is 59.7 Å². The van der Waals surface area contributed by atoms with Crippen LogP contribution in [0.15, 0.2) is 53.4 Å². The summed E-state index contributed by atoms with van der Waals surface area (Å²) in [4.78, 5) is 24.7. The Hall–Kier alpha value is -2.72. The third-order valence-corrected chi connectivity index (χ3v) is 7.24. The summed E-state index contributed by atoms with van der Waals surface area (Å²) in [5.41, 5.74) is 0.557.